The second-order valence-electron chi connectivity index (χ2n) is 6.84. The van der Waals surface area contributed by atoms with Crippen LogP contribution < -0.4 is 10.2 Å². The summed E-state index contributed by atoms with van der Waals surface area (Å²) in [6, 6.07) is 10.3. The van der Waals surface area contributed by atoms with Crippen molar-refractivity contribution in [2.45, 2.75) is 20.3 Å². The number of amides is 1. The molecule has 0 saturated heterocycles. The van der Waals surface area contributed by atoms with E-state index < -0.39 is 0 Å². The van der Waals surface area contributed by atoms with Crippen LogP contribution in [0.2, 0.25) is 0 Å². The van der Waals surface area contributed by atoms with Crippen LogP contribution in [0.4, 0.5) is 5.69 Å². The van der Waals surface area contributed by atoms with Crippen molar-refractivity contribution in [1.29, 1.82) is 0 Å². The molecule has 0 atom stereocenters. The Labute approximate surface area is 152 Å². The monoisotopic (exact) mass is 349 g/mol. The Morgan fingerprint density at radius 2 is 2.08 bits per heavy atom. The molecule has 1 aliphatic heterocycles. The number of aryl methyl sites for hydroxylation is 3. The molecule has 0 radical (unpaired) electrons. The Balaban J connectivity index is 1.49. The summed E-state index contributed by atoms with van der Waals surface area (Å²) in [5.74, 6) is -0.0657. The van der Waals surface area contributed by atoms with Crippen LogP contribution in [0.1, 0.15) is 27.3 Å². The minimum atomic E-state index is -0.0657. The van der Waals surface area contributed by atoms with Gasteiger partial charge in [0, 0.05) is 38.1 Å². The fourth-order valence-corrected chi connectivity index (χ4v) is 3.79. The van der Waals surface area contributed by atoms with E-state index >= 15 is 0 Å². The number of anilines is 1. The minimum absolute atomic E-state index is 0.0657. The first-order valence-electron chi connectivity index (χ1n) is 8.96. The van der Waals surface area contributed by atoms with Crippen molar-refractivity contribution in [3.8, 4) is 0 Å². The largest absolute Gasteiger partial charge is 0.369 e. The highest BCUT2D eigenvalue weighted by Crippen LogP contribution is 2.26. The van der Waals surface area contributed by atoms with E-state index in [4.69, 9.17) is 0 Å². The quantitative estimate of drug-likeness (QED) is 0.785. The van der Waals surface area contributed by atoms with Gasteiger partial charge in [0.05, 0.1) is 16.6 Å². The molecule has 26 heavy (non-hydrogen) atoms. The lowest BCUT2D eigenvalue weighted by molar-refractivity contribution is 0.0956. The predicted octanol–water partition coefficient (Wildman–Crippen LogP) is 2.38. The number of carbonyl (C=O) groups excluding carboxylic acids is 1. The maximum atomic E-state index is 12.8. The Hall–Kier alpha value is -2.89. The van der Waals surface area contributed by atoms with Gasteiger partial charge in [-0.15, -0.1) is 0 Å². The number of aromatic nitrogens is 3. The topological polar surface area (TPSA) is 63.1 Å². The summed E-state index contributed by atoms with van der Waals surface area (Å²) in [4.78, 5) is 19.6. The summed E-state index contributed by atoms with van der Waals surface area (Å²) in [6.07, 6.45) is 1.07. The molecule has 1 aliphatic rings. The Morgan fingerprint density at radius 3 is 2.92 bits per heavy atom. The Kier molecular flexibility index (Phi) is 4.11. The van der Waals surface area contributed by atoms with Crippen molar-refractivity contribution in [2.24, 2.45) is 7.05 Å². The number of rotatable bonds is 4. The fraction of sp³-hybridized carbons (Fsp3) is 0.350. The van der Waals surface area contributed by atoms with Gasteiger partial charge in [0.15, 0.2) is 5.65 Å². The molecular weight excluding hydrogens is 326 g/mol. The molecule has 1 N–H and O–H groups in total. The summed E-state index contributed by atoms with van der Waals surface area (Å²) in [7, 11) is 1.86. The van der Waals surface area contributed by atoms with Crippen LogP contribution in [-0.4, -0.2) is 40.3 Å². The Bertz CT molecular complexity index is 991. The van der Waals surface area contributed by atoms with E-state index in [0.717, 1.165) is 41.9 Å². The van der Waals surface area contributed by atoms with E-state index in [2.05, 4.69) is 44.6 Å². The molecule has 4 rings (SSSR count). The van der Waals surface area contributed by atoms with Crippen LogP contribution in [0.15, 0.2) is 30.3 Å². The number of fused-ring (bicyclic) bond motifs is 2. The van der Waals surface area contributed by atoms with Gasteiger partial charge >= 0.3 is 0 Å². The zero-order chi connectivity index (χ0) is 18.3. The summed E-state index contributed by atoms with van der Waals surface area (Å²) in [5, 5.41) is 8.31. The summed E-state index contributed by atoms with van der Waals surface area (Å²) in [5.41, 5.74) is 5.72. The molecule has 6 heteroatoms. The number of carbonyl (C=O) groups is 1. The number of hydrogen-bond donors (Lipinski definition) is 1. The summed E-state index contributed by atoms with van der Waals surface area (Å²) >= 11 is 0. The third-order valence-electron chi connectivity index (χ3n) is 4.99. The van der Waals surface area contributed by atoms with Gasteiger partial charge in [-0.1, -0.05) is 18.2 Å². The van der Waals surface area contributed by atoms with E-state index in [1.54, 1.807) is 4.68 Å². The number of nitrogens with zero attached hydrogens (tertiary/aromatic N) is 4. The van der Waals surface area contributed by atoms with E-state index in [1.807, 2.05) is 27.0 Å². The Morgan fingerprint density at radius 1 is 1.27 bits per heavy atom. The molecule has 3 heterocycles. The molecule has 1 amide bonds. The molecule has 0 aliphatic carbocycles. The number of nitrogens with one attached hydrogen (secondary N) is 1. The molecule has 2 aromatic heterocycles. The van der Waals surface area contributed by atoms with Gasteiger partial charge in [-0.25, -0.2) is 4.98 Å². The average Bonchev–Trinajstić information content (AvgIpc) is 3.15. The maximum Gasteiger partial charge on any atom is 0.252 e. The van der Waals surface area contributed by atoms with Gasteiger partial charge in [0.1, 0.15) is 0 Å². The first-order chi connectivity index (χ1) is 12.5. The van der Waals surface area contributed by atoms with Crippen molar-refractivity contribution in [3.63, 3.8) is 0 Å². The highest BCUT2D eigenvalue weighted by molar-refractivity contribution is 6.06. The zero-order valence-electron chi connectivity index (χ0n) is 15.4. The van der Waals surface area contributed by atoms with Crippen molar-refractivity contribution in [1.82, 2.24) is 20.1 Å². The van der Waals surface area contributed by atoms with Crippen LogP contribution in [0.5, 0.6) is 0 Å². The maximum absolute atomic E-state index is 12.8. The van der Waals surface area contributed by atoms with E-state index in [0.29, 0.717) is 12.1 Å². The van der Waals surface area contributed by atoms with Crippen LogP contribution in [0, 0.1) is 13.8 Å². The molecule has 6 nitrogen and oxygen atoms in total. The number of pyridine rings is 1. The molecule has 1 aromatic carbocycles. The van der Waals surface area contributed by atoms with Crippen LogP contribution >= 0.6 is 0 Å². The van der Waals surface area contributed by atoms with E-state index in [-0.39, 0.29) is 5.91 Å². The average molecular weight is 349 g/mol. The number of hydrogen-bond acceptors (Lipinski definition) is 4. The molecular formula is C20H23N5O. The standard InChI is InChI=1S/C20H23N5O/c1-13-12-16(18-14(2)23-24(3)19(18)22-13)20(26)21-9-11-25-10-8-15-6-4-5-7-17(15)25/h4-7,12H,8-11H2,1-3H3,(H,21,26). The second kappa shape index (κ2) is 6.44. The number of para-hydroxylation sites is 1. The molecule has 134 valence electrons. The van der Waals surface area contributed by atoms with Gasteiger partial charge in [-0.05, 0) is 38.0 Å². The van der Waals surface area contributed by atoms with Gasteiger partial charge in [-0.3, -0.25) is 9.48 Å². The van der Waals surface area contributed by atoms with E-state index in [1.165, 1.54) is 11.3 Å². The van der Waals surface area contributed by atoms with Crippen molar-refractivity contribution in [2.75, 3.05) is 24.5 Å². The lowest BCUT2D eigenvalue weighted by Crippen LogP contribution is -2.34. The van der Waals surface area contributed by atoms with Crippen LogP contribution in [0.3, 0.4) is 0 Å². The van der Waals surface area contributed by atoms with Crippen molar-refractivity contribution < 1.29 is 4.79 Å². The van der Waals surface area contributed by atoms with Crippen molar-refractivity contribution in [3.05, 3.63) is 52.8 Å². The zero-order valence-corrected chi connectivity index (χ0v) is 15.4. The fourth-order valence-electron chi connectivity index (χ4n) is 3.79. The SMILES string of the molecule is Cc1cc(C(=O)NCCN2CCc3ccccc32)c2c(C)nn(C)c2n1. The lowest BCUT2D eigenvalue weighted by atomic mass is 10.1. The molecule has 0 bridgehead atoms. The molecule has 3 aromatic rings. The molecule has 0 unspecified atom stereocenters. The molecule has 0 fully saturated rings. The highest BCUT2D eigenvalue weighted by atomic mass is 16.1. The molecule has 0 saturated carbocycles. The minimum Gasteiger partial charge on any atom is -0.369 e. The van der Waals surface area contributed by atoms with Gasteiger partial charge in [-0.2, -0.15) is 5.10 Å². The van der Waals surface area contributed by atoms with Gasteiger partial charge in [0.25, 0.3) is 5.91 Å². The third kappa shape index (κ3) is 2.81. The molecule has 0 spiro atoms. The highest BCUT2D eigenvalue weighted by Gasteiger charge is 2.20. The smallest absolute Gasteiger partial charge is 0.252 e. The number of benzene rings is 1. The summed E-state index contributed by atoms with van der Waals surface area (Å²) in [6.45, 7) is 6.24. The van der Waals surface area contributed by atoms with Crippen molar-refractivity contribution >= 4 is 22.6 Å². The van der Waals surface area contributed by atoms with Crippen LogP contribution in [-0.2, 0) is 13.5 Å². The lowest BCUT2D eigenvalue weighted by Gasteiger charge is -2.19. The van der Waals surface area contributed by atoms with Gasteiger partial charge < -0.3 is 10.2 Å². The second-order valence-corrected chi connectivity index (χ2v) is 6.84. The first-order valence-corrected chi connectivity index (χ1v) is 8.96. The third-order valence-corrected chi connectivity index (χ3v) is 4.99. The van der Waals surface area contributed by atoms with Crippen LogP contribution in [0.25, 0.3) is 11.0 Å². The van der Waals surface area contributed by atoms with E-state index in [9.17, 15) is 4.79 Å². The normalized spacial score (nSPS) is 13.3. The first kappa shape index (κ1) is 16.6. The van der Waals surface area contributed by atoms with Gasteiger partial charge in [0.2, 0.25) is 0 Å². The predicted molar refractivity (Wildman–Crippen MR) is 103 cm³/mol. The summed E-state index contributed by atoms with van der Waals surface area (Å²) < 4.78 is 1.73.